The minimum absolute atomic E-state index is 0.240. The van der Waals surface area contributed by atoms with Crippen molar-refractivity contribution in [3.63, 3.8) is 0 Å². The van der Waals surface area contributed by atoms with Crippen LogP contribution in [0.3, 0.4) is 0 Å². The summed E-state index contributed by atoms with van der Waals surface area (Å²) in [6, 6.07) is 17.9. The molecule has 1 atom stereocenters. The van der Waals surface area contributed by atoms with Crippen molar-refractivity contribution in [1.29, 1.82) is 0 Å². The van der Waals surface area contributed by atoms with E-state index in [-0.39, 0.29) is 5.92 Å². The quantitative estimate of drug-likeness (QED) is 0.382. The van der Waals surface area contributed by atoms with Gasteiger partial charge in [0.25, 0.3) is 5.79 Å². The molecule has 28 heavy (non-hydrogen) atoms. The largest absolute Gasteiger partial charge is 0.417 e. The average Bonchev–Trinajstić information content (AvgIpc) is 2.66. The van der Waals surface area contributed by atoms with Gasteiger partial charge < -0.3 is 9.47 Å². The van der Waals surface area contributed by atoms with E-state index in [1.807, 2.05) is 43.5 Å². The van der Waals surface area contributed by atoms with Crippen molar-refractivity contribution in [2.24, 2.45) is 5.92 Å². The Bertz CT molecular complexity index is 884. The molecule has 2 aromatic carbocycles. The van der Waals surface area contributed by atoms with Crippen LogP contribution in [-0.2, 0) is 19.1 Å². The standard InChI is InChI=1S/C23H24O4S/c1-5-20-21(17-11-13-19(28-4)14-12-17)22(18-9-7-6-8-10-18)23(20,26-15(2)24)27-16(3)25/h6-14,20H,5H2,1-4H3. The molecule has 5 heteroatoms. The average molecular weight is 397 g/mol. The maximum atomic E-state index is 12.0. The molecule has 0 fully saturated rings. The summed E-state index contributed by atoms with van der Waals surface area (Å²) in [5.74, 6) is -2.60. The number of hydrogen-bond acceptors (Lipinski definition) is 5. The molecule has 0 heterocycles. The number of benzene rings is 2. The Balaban J connectivity index is 2.25. The van der Waals surface area contributed by atoms with Gasteiger partial charge in [0.2, 0.25) is 0 Å². The molecule has 146 valence electrons. The fourth-order valence-corrected chi connectivity index (χ4v) is 4.30. The summed E-state index contributed by atoms with van der Waals surface area (Å²) in [4.78, 5) is 25.1. The highest BCUT2D eigenvalue weighted by molar-refractivity contribution is 7.98. The van der Waals surface area contributed by atoms with Crippen molar-refractivity contribution in [2.45, 2.75) is 37.9 Å². The van der Waals surface area contributed by atoms with E-state index < -0.39 is 17.7 Å². The molecular formula is C23H24O4S. The van der Waals surface area contributed by atoms with E-state index in [1.54, 1.807) is 11.8 Å². The lowest BCUT2D eigenvalue weighted by Crippen LogP contribution is -2.54. The van der Waals surface area contributed by atoms with Crippen molar-refractivity contribution >= 4 is 34.8 Å². The Morgan fingerprint density at radius 2 is 1.50 bits per heavy atom. The highest BCUT2D eigenvalue weighted by atomic mass is 32.2. The third-order valence-corrected chi connectivity index (χ3v) is 5.63. The van der Waals surface area contributed by atoms with Crippen LogP contribution >= 0.6 is 11.8 Å². The van der Waals surface area contributed by atoms with Crippen molar-refractivity contribution in [3.8, 4) is 0 Å². The van der Waals surface area contributed by atoms with E-state index in [0.717, 1.165) is 22.3 Å². The van der Waals surface area contributed by atoms with Gasteiger partial charge in [0, 0.05) is 24.3 Å². The molecule has 0 saturated heterocycles. The molecule has 0 aliphatic heterocycles. The molecule has 1 aliphatic carbocycles. The summed E-state index contributed by atoms with van der Waals surface area (Å²) in [6.45, 7) is 4.68. The first-order valence-corrected chi connectivity index (χ1v) is 10.5. The van der Waals surface area contributed by atoms with Gasteiger partial charge in [-0.3, -0.25) is 9.59 Å². The predicted octanol–water partition coefficient (Wildman–Crippen LogP) is 5.18. The number of carbonyl (C=O) groups is 2. The zero-order chi connectivity index (χ0) is 20.3. The van der Waals surface area contributed by atoms with E-state index in [1.165, 1.54) is 18.7 Å². The fraction of sp³-hybridized carbons (Fsp3) is 0.304. The summed E-state index contributed by atoms with van der Waals surface area (Å²) in [5.41, 5.74) is 3.70. The molecule has 0 N–H and O–H groups in total. The number of esters is 2. The van der Waals surface area contributed by atoms with Crippen molar-refractivity contribution < 1.29 is 19.1 Å². The second-order valence-corrected chi connectivity index (χ2v) is 7.58. The van der Waals surface area contributed by atoms with Crippen LogP contribution in [0.2, 0.25) is 0 Å². The number of carbonyl (C=O) groups excluding carboxylic acids is 2. The van der Waals surface area contributed by atoms with Gasteiger partial charge in [-0.15, -0.1) is 11.8 Å². The molecule has 1 unspecified atom stereocenters. The third kappa shape index (κ3) is 3.59. The Labute approximate surface area is 169 Å². The van der Waals surface area contributed by atoms with Crippen LogP contribution in [0.1, 0.15) is 38.3 Å². The lowest BCUT2D eigenvalue weighted by atomic mass is 9.65. The summed E-state index contributed by atoms with van der Waals surface area (Å²) in [5, 5.41) is 0. The molecule has 1 aliphatic rings. The van der Waals surface area contributed by atoms with Crippen molar-refractivity contribution in [3.05, 3.63) is 65.7 Å². The molecule has 0 radical (unpaired) electrons. The van der Waals surface area contributed by atoms with Crippen LogP contribution in [-0.4, -0.2) is 24.0 Å². The Morgan fingerprint density at radius 1 is 0.929 bits per heavy atom. The van der Waals surface area contributed by atoms with Gasteiger partial charge in [-0.25, -0.2) is 0 Å². The van der Waals surface area contributed by atoms with Crippen LogP contribution in [0.4, 0.5) is 0 Å². The van der Waals surface area contributed by atoms with Crippen LogP contribution in [0.25, 0.3) is 11.1 Å². The van der Waals surface area contributed by atoms with Gasteiger partial charge >= 0.3 is 11.9 Å². The highest BCUT2D eigenvalue weighted by Gasteiger charge is 2.59. The normalized spacial score (nSPS) is 17.6. The van der Waals surface area contributed by atoms with Gasteiger partial charge in [0.15, 0.2) is 0 Å². The third-order valence-electron chi connectivity index (χ3n) is 4.89. The van der Waals surface area contributed by atoms with E-state index in [9.17, 15) is 9.59 Å². The first kappa shape index (κ1) is 20.2. The molecule has 3 rings (SSSR count). The number of hydrogen-bond donors (Lipinski definition) is 0. The maximum Gasteiger partial charge on any atom is 0.306 e. The Morgan fingerprint density at radius 3 is 1.96 bits per heavy atom. The maximum absolute atomic E-state index is 12.0. The molecule has 0 saturated carbocycles. The number of thioether (sulfide) groups is 1. The molecule has 0 aromatic heterocycles. The zero-order valence-corrected chi connectivity index (χ0v) is 17.3. The minimum atomic E-state index is -1.40. The smallest absolute Gasteiger partial charge is 0.306 e. The van der Waals surface area contributed by atoms with E-state index in [4.69, 9.17) is 9.47 Å². The summed E-state index contributed by atoms with van der Waals surface area (Å²) in [7, 11) is 0. The first-order chi connectivity index (χ1) is 13.4. The molecule has 2 aromatic rings. The van der Waals surface area contributed by atoms with Gasteiger partial charge in [-0.1, -0.05) is 49.4 Å². The highest BCUT2D eigenvalue weighted by Crippen LogP contribution is 2.58. The minimum Gasteiger partial charge on any atom is -0.417 e. The van der Waals surface area contributed by atoms with Gasteiger partial charge in [0.1, 0.15) is 0 Å². The zero-order valence-electron chi connectivity index (χ0n) is 16.5. The van der Waals surface area contributed by atoms with Crippen LogP contribution < -0.4 is 0 Å². The van der Waals surface area contributed by atoms with Crippen molar-refractivity contribution in [1.82, 2.24) is 0 Å². The summed E-state index contributed by atoms with van der Waals surface area (Å²) in [6.07, 6.45) is 2.70. The van der Waals surface area contributed by atoms with Gasteiger partial charge in [-0.2, -0.15) is 0 Å². The fourth-order valence-electron chi connectivity index (χ4n) is 3.89. The van der Waals surface area contributed by atoms with Crippen molar-refractivity contribution in [2.75, 3.05) is 6.26 Å². The number of rotatable bonds is 6. The van der Waals surface area contributed by atoms with Gasteiger partial charge in [-0.05, 0) is 41.5 Å². The lowest BCUT2D eigenvalue weighted by Gasteiger charge is -2.50. The summed E-state index contributed by atoms with van der Waals surface area (Å²) < 4.78 is 11.4. The van der Waals surface area contributed by atoms with Gasteiger partial charge in [0.05, 0.1) is 5.92 Å². The SMILES string of the molecule is CCC1C(c2ccc(SC)cc2)=C(c2ccccc2)C1(OC(C)=O)OC(C)=O. The second kappa shape index (κ2) is 8.23. The summed E-state index contributed by atoms with van der Waals surface area (Å²) >= 11 is 1.68. The molecule has 0 spiro atoms. The Hall–Kier alpha value is -2.53. The lowest BCUT2D eigenvalue weighted by molar-refractivity contribution is -0.220. The molecule has 0 amide bonds. The molecular weight excluding hydrogens is 372 g/mol. The van der Waals surface area contributed by atoms with Crippen LogP contribution in [0, 0.1) is 5.92 Å². The topological polar surface area (TPSA) is 52.6 Å². The van der Waals surface area contributed by atoms with E-state index in [2.05, 4.69) is 24.3 Å². The van der Waals surface area contributed by atoms with E-state index >= 15 is 0 Å². The number of ether oxygens (including phenoxy) is 2. The molecule has 0 bridgehead atoms. The molecule has 4 nitrogen and oxygen atoms in total. The predicted molar refractivity (Wildman–Crippen MR) is 112 cm³/mol. The van der Waals surface area contributed by atoms with Crippen LogP contribution in [0.15, 0.2) is 59.5 Å². The Kier molecular flexibility index (Phi) is 5.94. The first-order valence-electron chi connectivity index (χ1n) is 9.26. The second-order valence-electron chi connectivity index (χ2n) is 6.70. The van der Waals surface area contributed by atoms with E-state index in [0.29, 0.717) is 6.42 Å². The van der Waals surface area contributed by atoms with Crippen LogP contribution in [0.5, 0.6) is 0 Å². The monoisotopic (exact) mass is 396 g/mol.